The van der Waals surface area contributed by atoms with Gasteiger partial charge in [0, 0.05) is 12.8 Å². The third-order valence-corrected chi connectivity index (χ3v) is 9.14. The standard InChI is InChI=1S/C44H72NO11P/c1-3-5-7-8-9-10-11-12-13-14-19-22-25-28-31-35-43(48)56-40(37-54-57(51,52)55-38-41(45)44(49)50)36-53-42(47)34-30-27-24-21-18-16-15-17-20-23-26-29-33-39(46)32-6-4-2/h9-10,12-13,15-16,19-24,29,33,39-41,46H,3-8,11,14,17-18,25-28,30-32,34-38,45H2,1-2H3,(H,49,50)(H,51,52)/b10-9-,13-12-,16-15-,22-19-,23-20-,24-21-,33-29-/t39-,40+,41-/m0/s1. The smallest absolute Gasteiger partial charge is 0.472 e. The van der Waals surface area contributed by atoms with Crippen LogP contribution in [0, 0.1) is 0 Å². The first-order valence-electron chi connectivity index (χ1n) is 20.7. The molecule has 0 aliphatic carbocycles. The number of carboxylic acids is 1. The summed E-state index contributed by atoms with van der Waals surface area (Å²) in [6.07, 6.45) is 42.8. The number of aliphatic hydroxyl groups is 1. The maximum atomic E-state index is 12.6. The van der Waals surface area contributed by atoms with Crippen molar-refractivity contribution in [3.8, 4) is 0 Å². The molecule has 0 aliphatic heterocycles. The Balaban J connectivity index is 4.60. The van der Waals surface area contributed by atoms with Gasteiger partial charge in [0.25, 0.3) is 0 Å². The molecule has 0 rings (SSSR count). The summed E-state index contributed by atoms with van der Waals surface area (Å²) in [5.74, 6) is -2.54. The van der Waals surface area contributed by atoms with Crippen LogP contribution < -0.4 is 5.73 Å². The quantitative estimate of drug-likeness (QED) is 0.0201. The maximum absolute atomic E-state index is 12.6. The van der Waals surface area contributed by atoms with E-state index in [9.17, 15) is 28.9 Å². The minimum absolute atomic E-state index is 0.0877. The number of unbranched alkanes of at least 4 members (excludes halogenated alkanes) is 7. The first-order valence-corrected chi connectivity index (χ1v) is 22.2. The van der Waals surface area contributed by atoms with Crippen molar-refractivity contribution in [1.82, 2.24) is 0 Å². The van der Waals surface area contributed by atoms with Crippen molar-refractivity contribution in [2.45, 2.75) is 154 Å². The molecule has 0 spiro atoms. The molecule has 13 heteroatoms. The Morgan fingerprint density at radius 2 is 1.09 bits per heavy atom. The second-order valence-corrected chi connectivity index (χ2v) is 15.0. The number of rotatable bonds is 37. The average molecular weight is 822 g/mol. The first-order chi connectivity index (χ1) is 27.5. The maximum Gasteiger partial charge on any atom is 0.472 e. The van der Waals surface area contributed by atoms with E-state index in [0.717, 1.165) is 70.6 Å². The Bertz CT molecular complexity index is 1300. The number of aliphatic hydroxyl groups excluding tert-OH is 1. The molecule has 0 fully saturated rings. The molecule has 57 heavy (non-hydrogen) atoms. The Labute approximate surface area is 342 Å². The molecule has 0 aromatic heterocycles. The van der Waals surface area contributed by atoms with Crippen LogP contribution in [0.1, 0.15) is 136 Å². The molecule has 0 amide bonds. The number of phosphoric acid groups is 1. The van der Waals surface area contributed by atoms with Crippen molar-refractivity contribution in [3.05, 3.63) is 85.1 Å². The number of carbonyl (C=O) groups excluding carboxylic acids is 2. The number of carboxylic acid groups (broad SMARTS) is 1. The molecular formula is C44H72NO11P. The Morgan fingerprint density at radius 3 is 1.63 bits per heavy atom. The summed E-state index contributed by atoms with van der Waals surface area (Å²) in [6.45, 7) is 2.49. The molecule has 0 heterocycles. The molecule has 4 atom stereocenters. The van der Waals surface area contributed by atoms with Crippen LogP contribution >= 0.6 is 7.82 Å². The fourth-order valence-electron chi connectivity index (χ4n) is 4.84. The molecule has 0 saturated heterocycles. The normalized spacial score (nSPS) is 15.2. The number of hydrogen-bond acceptors (Lipinski definition) is 10. The van der Waals surface area contributed by atoms with E-state index in [4.69, 9.17) is 24.8 Å². The van der Waals surface area contributed by atoms with Crippen molar-refractivity contribution >= 4 is 25.7 Å². The largest absolute Gasteiger partial charge is 0.480 e. The van der Waals surface area contributed by atoms with Crippen LogP contribution in [0.25, 0.3) is 0 Å². The predicted molar refractivity (Wildman–Crippen MR) is 227 cm³/mol. The highest BCUT2D eigenvalue weighted by molar-refractivity contribution is 7.47. The van der Waals surface area contributed by atoms with Gasteiger partial charge in [0.05, 0.1) is 19.3 Å². The number of esters is 2. The van der Waals surface area contributed by atoms with Crippen molar-refractivity contribution in [1.29, 1.82) is 0 Å². The van der Waals surface area contributed by atoms with Crippen LogP contribution in [0.15, 0.2) is 85.1 Å². The van der Waals surface area contributed by atoms with Crippen molar-refractivity contribution in [2.75, 3.05) is 19.8 Å². The number of aliphatic carboxylic acids is 1. The molecule has 0 radical (unpaired) electrons. The number of hydrogen-bond donors (Lipinski definition) is 4. The van der Waals surface area contributed by atoms with E-state index in [1.165, 1.54) is 19.3 Å². The summed E-state index contributed by atoms with van der Waals surface area (Å²) in [5.41, 5.74) is 5.32. The summed E-state index contributed by atoms with van der Waals surface area (Å²) < 4.78 is 32.5. The fourth-order valence-corrected chi connectivity index (χ4v) is 5.62. The highest BCUT2D eigenvalue weighted by Gasteiger charge is 2.28. The zero-order valence-corrected chi connectivity index (χ0v) is 35.4. The second kappa shape index (κ2) is 38.2. The monoisotopic (exact) mass is 821 g/mol. The second-order valence-electron chi connectivity index (χ2n) is 13.6. The van der Waals surface area contributed by atoms with Crippen LogP contribution in [0.5, 0.6) is 0 Å². The summed E-state index contributed by atoms with van der Waals surface area (Å²) in [7, 11) is -4.75. The number of phosphoric ester groups is 1. The van der Waals surface area contributed by atoms with Gasteiger partial charge in [-0.15, -0.1) is 0 Å². The van der Waals surface area contributed by atoms with Gasteiger partial charge in [0.2, 0.25) is 0 Å². The third-order valence-electron chi connectivity index (χ3n) is 8.19. The zero-order valence-electron chi connectivity index (χ0n) is 34.5. The van der Waals surface area contributed by atoms with E-state index >= 15 is 0 Å². The fraction of sp³-hybridized carbons (Fsp3) is 0.614. The van der Waals surface area contributed by atoms with Gasteiger partial charge < -0.3 is 30.3 Å². The average Bonchev–Trinajstić information content (AvgIpc) is 3.18. The molecular weight excluding hydrogens is 749 g/mol. The molecule has 0 bridgehead atoms. The van der Waals surface area contributed by atoms with Crippen LogP contribution in [0.3, 0.4) is 0 Å². The number of allylic oxidation sites excluding steroid dienone is 13. The summed E-state index contributed by atoms with van der Waals surface area (Å²) >= 11 is 0. The number of ether oxygens (including phenoxy) is 2. The SMILES string of the molecule is CCCCC/C=C\C/C=C\C/C=C\CCCCC(=O)O[C@H](COC(=O)CCC/C=C\C/C=C\C/C=C\C/C=C\[C@@H](O)CCCC)COP(=O)(O)OC[C@H](N)C(=O)O. The topological polar surface area (TPSA) is 192 Å². The molecule has 0 aromatic carbocycles. The van der Waals surface area contributed by atoms with Crippen LogP contribution in [0.2, 0.25) is 0 Å². The van der Waals surface area contributed by atoms with Crippen molar-refractivity contribution in [3.63, 3.8) is 0 Å². The van der Waals surface area contributed by atoms with Gasteiger partial charge in [-0.1, -0.05) is 125 Å². The first kappa shape index (κ1) is 53.6. The molecule has 5 N–H and O–H groups in total. The number of nitrogens with two attached hydrogens (primary N) is 1. The third kappa shape index (κ3) is 37.9. The van der Waals surface area contributed by atoms with E-state index in [2.05, 4.69) is 79.1 Å². The minimum atomic E-state index is -4.75. The van der Waals surface area contributed by atoms with E-state index in [0.29, 0.717) is 19.3 Å². The summed E-state index contributed by atoms with van der Waals surface area (Å²) in [6, 6.07) is -1.55. The van der Waals surface area contributed by atoms with E-state index in [1.807, 2.05) is 24.3 Å². The lowest BCUT2D eigenvalue weighted by Gasteiger charge is -2.20. The molecule has 1 unspecified atom stereocenters. The van der Waals surface area contributed by atoms with Gasteiger partial charge in [0.1, 0.15) is 12.6 Å². The lowest BCUT2D eigenvalue weighted by atomic mass is 10.1. The van der Waals surface area contributed by atoms with Gasteiger partial charge in [-0.3, -0.25) is 23.4 Å². The summed E-state index contributed by atoms with van der Waals surface area (Å²) in [5, 5.41) is 18.7. The lowest BCUT2D eigenvalue weighted by molar-refractivity contribution is -0.161. The molecule has 0 saturated carbocycles. The van der Waals surface area contributed by atoms with E-state index < -0.39 is 57.7 Å². The van der Waals surface area contributed by atoms with Crippen molar-refractivity contribution in [2.24, 2.45) is 5.73 Å². The molecule has 324 valence electrons. The highest BCUT2D eigenvalue weighted by atomic mass is 31.2. The Morgan fingerprint density at radius 1 is 0.614 bits per heavy atom. The van der Waals surface area contributed by atoms with Crippen LogP contribution in [-0.4, -0.2) is 71.1 Å². The van der Waals surface area contributed by atoms with Gasteiger partial charge >= 0.3 is 25.7 Å². The van der Waals surface area contributed by atoms with Gasteiger partial charge in [0.15, 0.2) is 6.10 Å². The van der Waals surface area contributed by atoms with Crippen molar-refractivity contribution < 1.29 is 52.6 Å². The minimum Gasteiger partial charge on any atom is -0.480 e. The van der Waals surface area contributed by atoms with Gasteiger partial charge in [-0.05, 0) is 83.5 Å². The van der Waals surface area contributed by atoms with Gasteiger partial charge in [-0.25, -0.2) is 4.57 Å². The Hall–Kier alpha value is -3.38. The van der Waals surface area contributed by atoms with Gasteiger partial charge in [-0.2, -0.15) is 0 Å². The van der Waals surface area contributed by atoms with Crippen LogP contribution in [-0.2, 0) is 37.5 Å². The zero-order chi connectivity index (χ0) is 42.2. The summed E-state index contributed by atoms with van der Waals surface area (Å²) in [4.78, 5) is 45.8. The molecule has 0 aliphatic rings. The molecule has 12 nitrogen and oxygen atoms in total. The predicted octanol–water partition coefficient (Wildman–Crippen LogP) is 9.69. The van der Waals surface area contributed by atoms with E-state index in [1.54, 1.807) is 0 Å². The number of carbonyl (C=O) groups is 3. The Kier molecular flexibility index (Phi) is 35.9. The highest BCUT2D eigenvalue weighted by Crippen LogP contribution is 2.43. The van der Waals surface area contributed by atoms with Crippen LogP contribution in [0.4, 0.5) is 0 Å². The lowest BCUT2D eigenvalue weighted by Crippen LogP contribution is -2.34. The van der Waals surface area contributed by atoms with E-state index in [-0.39, 0.29) is 18.9 Å². The molecule has 0 aromatic rings.